The van der Waals surface area contributed by atoms with Crippen molar-refractivity contribution in [2.75, 3.05) is 31.6 Å². The Balaban J connectivity index is 2.04. The second-order valence-electron chi connectivity index (χ2n) is 5.29. The van der Waals surface area contributed by atoms with E-state index in [9.17, 15) is 0 Å². The molecular formula is C16H26N2O. The Kier molecular flexibility index (Phi) is 5.67. The molecule has 0 radical (unpaired) electrons. The third-order valence-electron chi connectivity index (χ3n) is 3.86. The van der Waals surface area contributed by atoms with Gasteiger partial charge in [0, 0.05) is 31.9 Å². The van der Waals surface area contributed by atoms with Crippen molar-refractivity contribution in [1.29, 1.82) is 0 Å². The highest BCUT2D eigenvalue weighted by Gasteiger charge is 2.14. The number of methoxy groups -OCH3 is 1. The van der Waals surface area contributed by atoms with Crippen LogP contribution >= 0.6 is 0 Å². The zero-order valence-electron chi connectivity index (χ0n) is 12.2. The number of ether oxygens (including phenoxy) is 1. The van der Waals surface area contributed by atoms with Crippen LogP contribution in [0, 0.1) is 0 Å². The average molecular weight is 262 g/mol. The number of nitrogens with zero attached hydrogens (tertiary/aromatic N) is 1. The van der Waals surface area contributed by atoms with Crippen LogP contribution in [-0.2, 0) is 11.3 Å². The van der Waals surface area contributed by atoms with Gasteiger partial charge < -0.3 is 15.0 Å². The predicted octanol–water partition coefficient (Wildman–Crippen LogP) is 2.80. The van der Waals surface area contributed by atoms with Crippen LogP contribution in [0.25, 0.3) is 0 Å². The number of hydrogen-bond acceptors (Lipinski definition) is 3. The van der Waals surface area contributed by atoms with E-state index >= 15 is 0 Å². The Morgan fingerprint density at radius 1 is 1.37 bits per heavy atom. The fraction of sp³-hybridized carbons (Fsp3) is 0.625. The molecule has 0 bridgehead atoms. The van der Waals surface area contributed by atoms with E-state index in [4.69, 9.17) is 4.74 Å². The van der Waals surface area contributed by atoms with Crippen LogP contribution in [-0.4, -0.2) is 32.8 Å². The Labute approximate surface area is 116 Å². The average Bonchev–Trinajstić information content (AvgIpc) is 2.40. The summed E-state index contributed by atoms with van der Waals surface area (Å²) in [6, 6.07) is 9.42. The molecule has 1 unspecified atom stereocenters. The van der Waals surface area contributed by atoms with E-state index in [-0.39, 0.29) is 0 Å². The van der Waals surface area contributed by atoms with Crippen LogP contribution in [0.5, 0.6) is 0 Å². The van der Waals surface area contributed by atoms with Crippen molar-refractivity contribution in [3.05, 3.63) is 29.8 Å². The summed E-state index contributed by atoms with van der Waals surface area (Å²) in [7, 11) is 1.75. The highest BCUT2D eigenvalue weighted by molar-refractivity contribution is 5.48. The van der Waals surface area contributed by atoms with Gasteiger partial charge in [-0.05, 0) is 43.5 Å². The van der Waals surface area contributed by atoms with Gasteiger partial charge in [0.25, 0.3) is 0 Å². The molecule has 1 aliphatic rings. The van der Waals surface area contributed by atoms with Gasteiger partial charge >= 0.3 is 0 Å². The zero-order chi connectivity index (χ0) is 13.5. The Bertz CT molecular complexity index is 381. The SMILES string of the molecule is CCC1CCN(c2cccc(COC)c2)CCCN1. The fourth-order valence-corrected chi connectivity index (χ4v) is 2.72. The summed E-state index contributed by atoms with van der Waals surface area (Å²) < 4.78 is 5.22. The molecule has 0 aliphatic carbocycles. The van der Waals surface area contributed by atoms with Gasteiger partial charge in [0.1, 0.15) is 0 Å². The minimum absolute atomic E-state index is 0.671. The van der Waals surface area contributed by atoms with Crippen LogP contribution < -0.4 is 10.2 Å². The Hall–Kier alpha value is -1.06. The number of anilines is 1. The second kappa shape index (κ2) is 7.51. The first-order valence-electron chi connectivity index (χ1n) is 7.39. The zero-order valence-corrected chi connectivity index (χ0v) is 12.2. The highest BCUT2D eigenvalue weighted by Crippen LogP contribution is 2.19. The van der Waals surface area contributed by atoms with Crippen LogP contribution in [0.4, 0.5) is 5.69 Å². The quantitative estimate of drug-likeness (QED) is 0.903. The summed E-state index contributed by atoms with van der Waals surface area (Å²) in [5.41, 5.74) is 2.60. The first kappa shape index (κ1) is 14.4. The molecule has 0 amide bonds. The summed E-state index contributed by atoms with van der Waals surface area (Å²) in [5, 5.41) is 3.63. The first-order valence-corrected chi connectivity index (χ1v) is 7.39. The number of nitrogens with one attached hydrogen (secondary N) is 1. The van der Waals surface area contributed by atoms with Crippen LogP contribution in [0.2, 0.25) is 0 Å². The van der Waals surface area contributed by atoms with Gasteiger partial charge in [-0.3, -0.25) is 0 Å². The lowest BCUT2D eigenvalue weighted by Gasteiger charge is -2.30. The van der Waals surface area contributed by atoms with Crippen molar-refractivity contribution in [1.82, 2.24) is 5.32 Å². The molecule has 0 aromatic heterocycles. The van der Waals surface area contributed by atoms with Gasteiger partial charge in [-0.15, -0.1) is 0 Å². The van der Waals surface area contributed by atoms with Crippen molar-refractivity contribution in [3.63, 3.8) is 0 Å². The summed E-state index contributed by atoms with van der Waals surface area (Å²) in [6.45, 7) is 6.37. The maximum atomic E-state index is 5.22. The van der Waals surface area contributed by atoms with E-state index in [0.29, 0.717) is 12.6 Å². The second-order valence-corrected chi connectivity index (χ2v) is 5.29. The molecule has 1 aromatic rings. The molecule has 19 heavy (non-hydrogen) atoms. The maximum Gasteiger partial charge on any atom is 0.0713 e. The van der Waals surface area contributed by atoms with Crippen molar-refractivity contribution >= 4 is 5.69 Å². The predicted molar refractivity (Wildman–Crippen MR) is 80.7 cm³/mol. The third-order valence-corrected chi connectivity index (χ3v) is 3.86. The van der Waals surface area contributed by atoms with Gasteiger partial charge in [-0.2, -0.15) is 0 Å². The minimum atomic E-state index is 0.671. The van der Waals surface area contributed by atoms with Crippen molar-refractivity contribution in [3.8, 4) is 0 Å². The van der Waals surface area contributed by atoms with Gasteiger partial charge in [0.15, 0.2) is 0 Å². The number of rotatable bonds is 4. The molecule has 0 spiro atoms. The van der Waals surface area contributed by atoms with E-state index < -0.39 is 0 Å². The monoisotopic (exact) mass is 262 g/mol. The highest BCUT2D eigenvalue weighted by atomic mass is 16.5. The Morgan fingerprint density at radius 3 is 3.05 bits per heavy atom. The molecule has 1 N–H and O–H groups in total. The summed E-state index contributed by atoms with van der Waals surface area (Å²) >= 11 is 0. The molecule has 2 rings (SSSR count). The molecule has 0 saturated carbocycles. The maximum absolute atomic E-state index is 5.22. The van der Waals surface area contributed by atoms with Crippen molar-refractivity contribution in [2.24, 2.45) is 0 Å². The number of benzene rings is 1. The molecular weight excluding hydrogens is 236 g/mol. The fourth-order valence-electron chi connectivity index (χ4n) is 2.72. The summed E-state index contributed by atoms with van der Waals surface area (Å²) in [4.78, 5) is 2.52. The Morgan fingerprint density at radius 2 is 2.26 bits per heavy atom. The standard InChI is InChI=1S/C16H26N2O/c1-3-15-8-11-18(10-5-9-17-15)16-7-4-6-14(12-16)13-19-2/h4,6-7,12,15,17H,3,5,8-11,13H2,1-2H3. The topological polar surface area (TPSA) is 24.5 Å². The molecule has 1 atom stereocenters. The molecule has 106 valence electrons. The van der Waals surface area contributed by atoms with Gasteiger partial charge in [-0.1, -0.05) is 19.1 Å². The smallest absolute Gasteiger partial charge is 0.0713 e. The molecule has 3 nitrogen and oxygen atoms in total. The van der Waals surface area contributed by atoms with E-state index in [1.54, 1.807) is 7.11 Å². The lowest BCUT2D eigenvalue weighted by atomic mass is 10.1. The molecule has 1 fully saturated rings. The van der Waals surface area contributed by atoms with Gasteiger partial charge in [0.2, 0.25) is 0 Å². The normalized spacial score (nSPS) is 20.9. The van der Waals surface area contributed by atoms with Crippen LogP contribution in [0.1, 0.15) is 31.7 Å². The molecule has 1 aromatic carbocycles. The van der Waals surface area contributed by atoms with Crippen molar-refractivity contribution < 1.29 is 4.74 Å². The van der Waals surface area contributed by atoms with Crippen LogP contribution in [0.3, 0.4) is 0 Å². The van der Waals surface area contributed by atoms with E-state index in [0.717, 1.165) is 19.6 Å². The lowest BCUT2D eigenvalue weighted by molar-refractivity contribution is 0.185. The summed E-state index contributed by atoms with van der Waals surface area (Å²) in [6.07, 6.45) is 3.66. The molecule has 1 saturated heterocycles. The molecule has 3 heteroatoms. The van der Waals surface area contributed by atoms with Gasteiger partial charge in [-0.25, -0.2) is 0 Å². The van der Waals surface area contributed by atoms with Gasteiger partial charge in [0.05, 0.1) is 6.61 Å². The number of hydrogen-bond donors (Lipinski definition) is 1. The van der Waals surface area contributed by atoms with E-state index in [2.05, 4.69) is 41.4 Å². The van der Waals surface area contributed by atoms with E-state index in [1.165, 1.54) is 30.5 Å². The first-order chi connectivity index (χ1) is 9.33. The lowest BCUT2D eigenvalue weighted by Crippen LogP contribution is -2.39. The largest absolute Gasteiger partial charge is 0.380 e. The molecule has 1 aliphatic heterocycles. The van der Waals surface area contributed by atoms with Crippen LogP contribution in [0.15, 0.2) is 24.3 Å². The van der Waals surface area contributed by atoms with E-state index in [1.807, 2.05) is 0 Å². The van der Waals surface area contributed by atoms with Crippen molar-refractivity contribution in [2.45, 2.75) is 38.8 Å². The summed E-state index contributed by atoms with van der Waals surface area (Å²) in [5.74, 6) is 0. The third kappa shape index (κ3) is 4.22. The molecule has 1 heterocycles. The minimum Gasteiger partial charge on any atom is -0.380 e.